The van der Waals surface area contributed by atoms with Gasteiger partial charge in [0.25, 0.3) is 5.91 Å². The number of nitrogens with one attached hydrogen (secondary N) is 2. The largest absolute Gasteiger partial charge is 0.369 e. The van der Waals surface area contributed by atoms with Crippen LogP contribution >= 0.6 is 0 Å². The third-order valence-electron chi connectivity index (χ3n) is 2.58. The zero-order valence-electron chi connectivity index (χ0n) is 11.2. The molecule has 1 aromatic heterocycles. The monoisotopic (exact) mass is 285 g/mol. The highest BCUT2D eigenvalue weighted by molar-refractivity contribution is 6.03. The Morgan fingerprint density at radius 3 is 2.95 bits per heavy atom. The summed E-state index contributed by atoms with van der Waals surface area (Å²) in [6.07, 6.45) is 2.81. The summed E-state index contributed by atoms with van der Waals surface area (Å²) in [5.41, 5.74) is 0.361. The van der Waals surface area contributed by atoms with E-state index in [0.717, 1.165) is 12.1 Å². The molecule has 2 N–H and O–H groups in total. The molecule has 1 amide bonds. The first-order valence-corrected chi connectivity index (χ1v) is 6.21. The quantitative estimate of drug-likeness (QED) is 0.898. The molecule has 0 unspecified atom stereocenters. The Labute approximate surface area is 120 Å². The van der Waals surface area contributed by atoms with Crippen molar-refractivity contribution in [3.63, 3.8) is 0 Å². The Morgan fingerprint density at radius 2 is 2.24 bits per heavy atom. The maximum atomic E-state index is 13.0. The molecule has 106 valence electrons. The van der Waals surface area contributed by atoms with E-state index in [0.29, 0.717) is 12.4 Å². The van der Waals surface area contributed by atoms with Crippen molar-refractivity contribution in [1.82, 2.24) is 9.97 Å². The van der Waals surface area contributed by atoms with Gasteiger partial charge in [0, 0.05) is 6.54 Å². The van der Waals surface area contributed by atoms with Gasteiger partial charge in [-0.3, -0.25) is 9.78 Å². The second-order valence-corrected chi connectivity index (χ2v) is 4.08. The molecule has 0 bridgehead atoms. The molecule has 2 rings (SSSR count). The number of halogens is 1. The number of amides is 1. The van der Waals surface area contributed by atoms with E-state index in [1.807, 2.05) is 13.0 Å². The van der Waals surface area contributed by atoms with Gasteiger partial charge in [-0.25, -0.2) is 9.37 Å². The number of nitriles is 1. The summed E-state index contributed by atoms with van der Waals surface area (Å²) in [4.78, 5) is 20.1. The predicted molar refractivity (Wildman–Crippen MR) is 75.3 cm³/mol. The van der Waals surface area contributed by atoms with E-state index in [-0.39, 0.29) is 16.9 Å². The number of aromatic nitrogens is 2. The van der Waals surface area contributed by atoms with Crippen molar-refractivity contribution in [3.05, 3.63) is 47.7 Å². The number of hydrogen-bond acceptors (Lipinski definition) is 5. The minimum absolute atomic E-state index is 0.0409. The zero-order valence-corrected chi connectivity index (χ0v) is 11.2. The van der Waals surface area contributed by atoms with Gasteiger partial charge in [-0.15, -0.1) is 0 Å². The van der Waals surface area contributed by atoms with Crippen molar-refractivity contribution in [3.8, 4) is 6.07 Å². The van der Waals surface area contributed by atoms with E-state index in [1.54, 1.807) is 0 Å². The van der Waals surface area contributed by atoms with Gasteiger partial charge in [0.2, 0.25) is 0 Å². The predicted octanol–water partition coefficient (Wildman–Crippen LogP) is 2.17. The standard InChI is InChI=1S/C14H12FN5O/c1-2-18-13-8-17-7-12(19-13)14(21)20-11-4-3-10(15)5-9(11)6-16/h3-5,7-8H,2H2,1H3,(H,18,19)(H,20,21). The van der Waals surface area contributed by atoms with Crippen molar-refractivity contribution in [2.75, 3.05) is 17.2 Å². The van der Waals surface area contributed by atoms with Crippen LogP contribution in [0.2, 0.25) is 0 Å². The van der Waals surface area contributed by atoms with Gasteiger partial charge < -0.3 is 10.6 Å². The van der Waals surface area contributed by atoms with E-state index in [2.05, 4.69) is 20.6 Å². The third-order valence-corrected chi connectivity index (χ3v) is 2.58. The number of hydrogen-bond donors (Lipinski definition) is 2. The summed E-state index contributed by atoms with van der Waals surface area (Å²) >= 11 is 0. The maximum Gasteiger partial charge on any atom is 0.275 e. The molecule has 0 aliphatic heterocycles. The van der Waals surface area contributed by atoms with Gasteiger partial charge in [0.05, 0.1) is 23.6 Å². The Kier molecular flexibility index (Phi) is 4.41. The lowest BCUT2D eigenvalue weighted by atomic mass is 10.2. The molecule has 0 spiro atoms. The van der Waals surface area contributed by atoms with Crippen LogP contribution in [-0.2, 0) is 0 Å². The highest BCUT2D eigenvalue weighted by atomic mass is 19.1. The van der Waals surface area contributed by atoms with Crippen LogP contribution in [0.25, 0.3) is 0 Å². The van der Waals surface area contributed by atoms with Crippen LogP contribution in [0.5, 0.6) is 0 Å². The van der Waals surface area contributed by atoms with E-state index in [4.69, 9.17) is 5.26 Å². The molecule has 0 aliphatic rings. The summed E-state index contributed by atoms with van der Waals surface area (Å²) < 4.78 is 13.0. The second kappa shape index (κ2) is 6.43. The molecule has 2 aromatic rings. The average molecular weight is 285 g/mol. The average Bonchev–Trinajstić information content (AvgIpc) is 2.49. The van der Waals surface area contributed by atoms with Crippen molar-refractivity contribution in [1.29, 1.82) is 5.26 Å². The molecule has 0 fully saturated rings. The van der Waals surface area contributed by atoms with Crippen molar-refractivity contribution < 1.29 is 9.18 Å². The maximum absolute atomic E-state index is 13.0. The minimum Gasteiger partial charge on any atom is -0.369 e. The number of carbonyl (C=O) groups is 1. The van der Waals surface area contributed by atoms with Crippen LogP contribution < -0.4 is 10.6 Å². The topological polar surface area (TPSA) is 90.7 Å². The van der Waals surface area contributed by atoms with E-state index in [1.165, 1.54) is 18.5 Å². The third kappa shape index (κ3) is 3.51. The molecule has 0 atom stereocenters. The van der Waals surface area contributed by atoms with Gasteiger partial charge in [0.15, 0.2) is 0 Å². The van der Waals surface area contributed by atoms with Gasteiger partial charge in [-0.1, -0.05) is 0 Å². The van der Waals surface area contributed by atoms with Crippen molar-refractivity contribution >= 4 is 17.4 Å². The first-order chi connectivity index (χ1) is 10.1. The van der Waals surface area contributed by atoms with Gasteiger partial charge >= 0.3 is 0 Å². The fourth-order valence-corrected chi connectivity index (χ4v) is 1.65. The van der Waals surface area contributed by atoms with E-state index in [9.17, 15) is 9.18 Å². The number of nitrogens with zero attached hydrogens (tertiary/aromatic N) is 3. The number of benzene rings is 1. The Hall–Kier alpha value is -3.01. The van der Waals surface area contributed by atoms with Crippen LogP contribution in [0.1, 0.15) is 23.0 Å². The number of carbonyl (C=O) groups excluding carboxylic acids is 1. The Bertz CT molecular complexity index is 711. The molecule has 7 heteroatoms. The number of rotatable bonds is 4. The fraction of sp³-hybridized carbons (Fsp3) is 0.143. The zero-order chi connectivity index (χ0) is 15.2. The molecule has 0 radical (unpaired) electrons. The van der Waals surface area contributed by atoms with Crippen LogP contribution in [0, 0.1) is 17.1 Å². The summed E-state index contributed by atoms with van der Waals surface area (Å²) in [5, 5.41) is 14.4. The van der Waals surface area contributed by atoms with Crippen LogP contribution in [0.3, 0.4) is 0 Å². The highest BCUT2D eigenvalue weighted by Crippen LogP contribution is 2.16. The molecule has 0 saturated heterocycles. The Morgan fingerprint density at radius 1 is 1.43 bits per heavy atom. The SMILES string of the molecule is CCNc1cncc(C(=O)Nc2ccc(F)cc2C#N)n1. The summed E-state index contributed by atoms with van der Waals surface area (Å²) in [6.45, 7) is 2.54. The molecule has 21 heavy (non-hydrogen) atoms. The van der Waals surface area contributed by atoms with Crippen molar-refractivity contribution in [2.45, 2.75) is 6.92 Å². The minimum atomic E-state index is -0.543. The first kappa shape index (κ1) is 14.4. The van der Waals surface area contributed by atoms with E-state index >= 15 is 0 Å². The lowest BCUT2D eigenvalue weighted by molar-refractivity contribution is 0.102. The van der Waals surface area contributed by atoms with Gasteiger partial charge in [-0.2, -0.15) is 5.26 Å². The van der Waals surface area contributed by atoms with Crippen LogP contribution in [0.4, 0.5) is 15.9 Å². The summed E-state index contributed by atoms with van der Waals surface area (Å²) in [6, 6.07) is 5.36. The molecular weight excluding hydrogens is 273 g/mol. The molecular formula is C14H12FN5O. The highest BCUT2D eigenvalue weighted by Gasteiger charge is 2.12. The molecule has 1 heterocycles. The summed E-state index contributed by atoms with van der Waals surface area (Å²) in [7, 11) is 0. The first-order valence-electron chi connectivity index (χ1n) is 6.21. The lowest BCUT2D eigenvalue weighted by Gasteiger charge is -2.07. The second-order valence-electron chi connectivity index (χ2n) is 4.08. The summed E-state index contributed by atoms with van der Waals surface area (Å²) in [5.74, 6) is -0.589. The van der Waals surface area contributed by atoms with Crippen LogP contribution in [-0.4, -0.2) is 22.4 Å². The molecule has 1 aromatic carbocycles. The molecule has 0 saturated carbocycles. The smallest absolute Gasteiger partial charge is 0.275 e. The van der Waals surface area contributed by atoms with Crippen molar-refractivity contribution in [2.24, 2.45) is 0 Å². The molecule has 6 nitrogen and oxygen atoms in total. The molecule has 0 aliphatic carbocycles. The van der Waals surface area contributed by atoms with Crippen LogP contribution in [0.15, 0.2) is 30.6 Å². The fourth-order valence-electron chi connectivity index (χ4n) is 1.65. The lowest BCUT2D eigenvalue weighted by Crippen LogP contribution is -2.16. The normalized spacial score (nSPS) is 9.76. The van der Waals surface area contributed by atoms with Gasteiger partial charge in [0.1, 0.15) is 23.4 Å². The Balaban J connectivity index is 2.22. The van der Waals surface area contributed by atoms with E-state index < -0.39 is 11.7 Å². The number of anilines is 2. The van der Waals surface area contributed by atoms with Gasteiger partial charge in [-0.05, 0) is 25.1 Å².